The maximum absolute atomic E-state index is 12.2. The number of hydrogen-bond donors (Lipinski definition) is 0. The van der Waals surface area contributed by atoms with Gasteiger partial charge in [-0.3, -0.25) is 9.59 Å². The van der Waals surface area contributed by atoms with Crippen LogP contribution >= 0.6 is 0 Å². The number of rotatable bonds is 8. The highest BCUT2D eigenvalue weighted by Crippen LogP contribution is 2.16. The van der Waals surface area contributed by atoms with Crippen LogP contribution in [0.2, 0.25) is 39.3 Å². The molecule has 0 aromatic carbocycles. The summed E-state index contributed by atoms with van der Waals surface area (Å²) in [5, 5.41) is 0. The van der Waals surface area contributed by atoms with Crippen molar-refractivity contribution >= 4 is 28.6 Å². The average molecular weight is 321 g/mol. The normalized spacial score (nSPS) is 13.8. The van der Waals surface area contributed by atoms with Crippen molar-refractivity contribution in [1.82, 2.24) is 0 Å². The summed E-state index contributed by atoms with van der Waals surface area (Å²) in [6, 6.07) is 0. The smallest absolute Gasteiger partial charge is 0.320 e. The first-order valence-electron chi connectivity index (χ1n) is 7.01. The SMILES string of the molecule is CCOC(=O)CCC(O[Si](C)(C)C)C(=O)O[Si](C)(C)C. The molecule has 0 aromatic heterocycles. The Labute approximate surface area is 124 Å². The van der Waals surface area contributed by atoms with E-state index in [9.17, 15) is 9.59 Å². The molecule has 0 aliphatic carbocycles. The third kappa shape index (κ3) is 10.2. The van der Waals surface area contributed by atoms with Gasteiger partial charge in [-0.05, 0) is 52.6 Å². The standard InChI is InChI=1S/C13H28O5Si2/c1-8-16-12(14)10-9-11(17-19(2,3)4)13(15)18-20(5,6)7/h11H,8-10H2,1-7H3. The Bertz CT molecular complexity index is 331. The second-order valence-electron chi connectivity index (χ2n) is 6.60. The number of ether oxygens (including phenoxy) is 1. The van der Waals surface area contributed by atoms with E-state index in [1.807, 2.05) is 39.3 Å². The molecule has 0 amide bonds. The zero-order valence-corrected chi connectivity index (χ0v) is 15.7. The molecule has 0 fully saturated rings. The Kier molecular flexibility index (Phi) is 7.68. The zero-order valence-electron chi connectivity index (χ0n) is 13.7. The molecule has 118 valence electrons. The molecule has 1 atom stereocenters. The highest BCUT2D eigenvalue weighted by Gasteiger charge is 2.31. The van der Waals surface area contributed by atoms with Crippen LogP contribution in [0.4, 0.5) is 0 Å². The van der Waals surface area contributed by atoms with Crippen molar-refractivity contribution in [2.45, 2.75) is 65.2 Å². The molecule has 0 radical (unpaired) electrons. The van der Waals surface area contributed by atoms with Gasteiger partial charge in [-0.25, -0.2) is 0 Å². The van der Waals surface area contributed by atoms with Gasteiger partial charge in [-0.1, -0.05) is 0 Å². The Morgan fingerprint density at radius 3 is 1.95 bits per heavy atom. The van der Waals surface area contributed by atoms with Crippen molar-refractivity contribution in [3.63, 3.8) is 0 Å². The summed E-state index contributed by atoms with van der Waals surface area (Å²) in [7, 11) is -3.85. The monoisotopic (exact) mass is 320 g/mol. The summed E-state index contributed by atoms with van der Waals surface area (Å²) in [5.74, 6) is -0.659. The van der Waals surface area contributed by atoms with Gasteiger partial charge in [0.05, 0.1) is 6.61 Å². The van der Waals surface area contributed by atoms with E-state index in [4.69, 9.17) is 13.6 Å². The molecule has 0 aliphatic heterocycles. The molecule has 0 saturated carbocycles. The minimum Gasteiger partial charge on any atom is -0.518 e. The summed E-state index contributed by atoms with van der Waals surface area (Å²) in [5.41, 5.74) is 0. The third-order valence-corrected chi connectivity index (χ3v) is 3.89. The molecule has 0 N–H and O–H groups in total. The topological polar surface area (TPSA) is 61.8 Å². The number of esters is 1. The van der Waals surface area contributed by atoms with Crippen LogP contribution in [-0.2, 0) is 23.2 Å². The zero-order chi connectivity index (χ0) is 16.0. The Balaban J connectivity index is 4.65. The first-order valence-corrected chi connectivity index (χ1v) is 13.8. The van der Waals surface area contributed by atoms with Crippen molar-refractivity contribution in [2.75, 3.05) is 6.61 Å². The molecule has 7 heteroatoms. The summed E-state index contributed by atoms with van der Waals surface area (Å²) in [6.45, 7) is 14.0. The summed E-state index contributed by atoms with van der Waals surface area (Å²) in [6.07, 6.45) is -0.186. The molecule has 0 saturated heterocycles. The van der Waals surface area contributed by atoms with Gasteiger partial charge in [0.1, 0.15) is 6.10 Å². The molecule has 0 spiro atoms. The molecule has 5 nitrogen and oxygen atoms in total. The van der Waals surface area contributed by atoms with Gasteiger partial charge < -0.3 is 13.6 Å². The predicted molar refractivity (Wildman–Crippen MR) is 83.5 cm³/mol. The first kappa shape index (κ1) is 19.3. The highest BCUT2D eigenvalue weighted by molar-refractivity contribution is 6.71. The number of carbonyl (C=O) groups excluding carboxylic acids is 2. The minimum absolute atomic E-state index is 0.170. The van der Waals surface area contributed by atoms with Gasteiger partial charge in [-0.15, -0.1) is 0 Å². The van der Waals surface area contributed by atoms with Gasteiger partial charge in [0.15, 0.2) is 8.32 Å². The van der Waals surface area contributed by atoms with E-state index < -0.39 is 22.7 Å². The van der Waals surface area contributed by atoms with Crippen LogP contribution in [0.5, 0.6) is 0 Å². The Hall–Kier alpha value is -0.666. The number of hydrogen-bond acceptors (Lipinski definition) is 5. The Morgan fingerprint density at radius 2 is 1.55 bits per heavy atom. The second kappa shape index (κ2) is 7.94. The fourth-order valence-corrected chi connectivity index (χ4v) is 3.30. The van der Waals surface area contributed by atoms with Crippen molar-refractivity contribution in [3.8, 4) is 0 Å². The van der Waals surface area contributed by atoms with Crippen molar-refractivity contribution in [2.24, 2.45) is 0 Å². The van der Waals surface area contributed by atoms with Crippen LogP contribution in [0.3, 0.4) is 0 Å². The number of carbonyl (C=O) groups is 2. The van der Waals surface area contributed by atoms with Gasteiger partial charge in [0, 0.05) is 6.42 Å². The molecule has 0 aliphatic rings. The highest BCUT2D eigenvalue weighted by atomic mass is 28.4. The van der Waals surface area contributed by atoms with E-state index in [-0.39, 0.29) is 18.4 Å². The fourth-order valence-electron chi connectivity index (χ4n) is 1.50. The molecule has 1 unspecified atom stereocenters. The van der Waals surface area contributed by atoms with E-state index in [2.05, 4.69) is 0 Å². The van der Waals surface area contributed by atoms with Crippen LogP contribution in [0.15, 0.2) is 0 Å². The van der Waals surface area contributed by atoms with E-state index >= 15 is 0 Å². The van der Waals surface area contributed by atoms with Gasteiger partial charge >= 0.3 is 11.9 Å². The summed E-state index contributed by atoms with van der Waals surface area (Å²) in [4.78, 5) is 23.6. The fraction of sp³-hybridized carbons (Fsp3) is 0.846. The lowest BCUT2D eigenvalue weighted by Crippen LogP contribution is -2.42. The second-order valence-corrected chi connectivity index (χ2v) is 15.5. The first-order chi connectivity index (χ1) is 8.94. The van der Waals surface area contributed by atoms with Crippen LogP contribution in [-0.4, -0.2) is 41.3 Å². The minimum atomic E-state index is -1.96. The third-order valence-electron chi connectivity index (χ3n) is 2.08. The van der Waals surface area contributed by atoms with Gasteiger partial charge in [0.25, 0.3) is 0 Å². The maximum atomic E-state index is 12.2. The molecule has 20 heavy (non-hydrogen) atoms. The lowest BCUT2D eigenvalue weighted by atomic mass is 10.2. The molecule has 0 bridgehead atoms. The van der Waals surface area contributed by atoms with Crippen molar-refractivity contribution in [1.29, 1.82) is 0 Å². The average Bonchev–Trinajstić information content (AvgIpc) is 2.20. The molecule has 0 aromatic rings. The molecular formula is C13H28O5Si2. The lowest BCUT2D eigenvalue weighted by molar-refractivity contribution is -0.146. The molecule has 0 rings (SSSR count). The summed E-state index contributed by atoms with van der Waals surface area (Å²) >= 11 is 0. The largest absolute Gasteiger partial charge is 0.518 e. The van der Waals surface area contributed by atoms with Gasteiger partial charge in [0.2, 0.25) is 8.32 Å². The van der Waals surface area contributed by atoms with Crippen LogP contribution in [0.1, 0.15) is 19.8 Å². The van der Waals surface area contributed by atoms with Crippen LogP contribution in [0, 0.1) is 0 Å². The quantitative estimate of drug-likeness (QED) is 0.508. The summed E-state index contributed by atoms with van der Waals surface area (Å²) < 4.78 is 16.2. The van der Waals surface area contributed by atoms with E-state index in [1.54, 1.807) is 6.92 Å². The van der Waals surface area contributed by atoms with Crippen LogP contribution in [0.25, 0.3) is 0 Å². The maximum Gasteiger partial charge on any atom is 0.320 e. The Morgan fingerprint density at radius 1 is 1.00 bits per heavy atom. The van der Waals surface area contributed by atoms with Crippen molar-refractivity contribution in [3.05, 3.63) is 0 Å². The van der Waals surface area contributed by atoms with Crippen LogP contribution < -0.4 is 0 Å². The molecule has 0 heterocycles. The van der Waals surface area contributed by atoms with Gasteiger partial charge in [-0.2, -0.15) is 0 Å². The lowest BCUT2D eigenvalue weighted by Gasteiger charge is -2.28. The predicted octanol–water partition coefficient (Wildman–Crippen LogP) is 2.93. The van der Waals surface area contributed by atoms with E-state index in [1.165, 1.54) is 0 Å². The molecular weight excluding hydrogens is 292 g/mol. The van der Waals surface area contributed by atoms with E-state index in [0.717, 1.165) is 0 Å². The van der Waals surface area contributed by atoms with E-state index in [0.29, 0.717) is 13.0 Å². The van der Waals surface area contributed by atoms with Crippen molar-refractivity contribution < 1.29 is 23.2 Å².